The third-order valence-corrected chi connectivity index (χ3v) is 3.45. The van der Waals surface area contributed by atoms with Crippen molar-refractivity contribution in [1.82, 2.24) is 0 Å². The van der Waals surface area contributed by atoms with E-state index in [-0.39, 0.29) is 12.4 Å². The normalized spacial score (nSPS) is 16.6. The summed E-state index contributed by atoms with van der Waals surface area (Å²) in [6.07, 6.45) is -0.565. The Kier molecular flexibility index (Phi) is 3.32. The highest BCUT2D eigenvalue weighted by atomic mass is 19.1. The van der Waals surface area contributed by atoms with E-state index in [1.54, 1.807) is 24.3 Å². The lowest BCUT2D eigenvalue weighted by molar-refractivity contribution is 0.140. The number of hydrogen-bond acceptors (Lipinski definition) is 3. The standard InChI is InChI=1S/C16H15FO3/c1-10-2-3-12(17)6-11(10)8-19-13-4-5-14-15(18)9-20-16(14)7-13/h2-7,15,18H,8-9H2,1H3. The monoisotopic (exact) mass is 274 g/mol. The molecule has 3 rings (SSSR count). The number of hydrogen-bond donors (Lipinski definition) is 1. The molecule has 0 saturated carbocycles. The highest BCUT2D eigenvalue weighted by molar-refractivity contribution is 5.44. The van der Waals surface area contributed by atoms with Crippen LogP contribution < -0.4 is 9.47 Å². The number of halogens is 1. The number of aryl methyl sites for hydroxylation is 1. The van der Waals surface area contributed by atoms with Gasteiger partial charge in [-0.25, -0.2) is 4.39 Å². The Morgan fingerprint density at radius 3 is 3.00 bits per heavy atom. The average Bonchev–Trinajstić information content (AvgIpc) is 2.81. The van der Waals surface area contributed by atoms with Gasteiger partial charge in [-0.05, 0) is 42.3 Å². The molecule has 2 aromatic carbocycles. The van der Waals surface area contributed by atoms with E-state index in [1.807, 2.05) is 6.92 Å². The second-order valence-electron chi connectivity index (χ2n) is 4.89. The molecule has 1 unspecified atom stereocenters. The molecular weight excluding hydrogens is 259 g/mol. The number of rotatable bonds is 3. The minimum absolute atomic E-state index is 0.269. The van der Waals surface area contributed by atoms with Crippen molar-refractivity contribution in [3.8, 4) is 11.5 Å². The number of ether oxygens (including phenoxy) is 2. The van der Waals surface area contributed by atoms with Gasteiger partial charge in [0.2, 0.25) is 0 Å². The zero-order valence-electron chi connectivity index (χ0n) is 11.1. The second kappa shape index (κ2) is 5.13. The summed E-state index contributed by atoms with van der Waals surface area (Å²) in [5.41, 5.74) is 2.57. The van der Waals surface area contributed by atoms with Crippen LogP contribution in [-0.2, 0) is 6.61 Å². The molecule has 104 valence electrons. The largest absolute Gasteiger partial charge is 0.490 e. The second-order valence-corrected chi connectivity index (χ2v) is 4.89. The van der Waals surface area contributed by atoms with Crippen molar-refractivity contribution < 1.29 is 19.0 Å². The maximum atomic E-state index is 13.2. The van der Waals surface area contributed by atoms with E-state index < -0.39 is 6.10 Å². The van der Waals surface area contributed by atoms with Crippen molar-refractivity contribution in [2.75, 3.05) is 6.61 Å². The minimum Gasteiger partial charge on any atom is -0.490 e. The molecule has 0 bridgehead atoms. The van der Waals surface area contributed by atoms with Gasteiger partial charge in [-0.1, -0.05) is 6.07 Å². The van der Waals surface area contributed by atoms with Crippen LogP contribution in [0.25, 0.3) is 0 Å². The topological polar surface area (TPSA) is 38.7 Å². The Hall–Kier alpha value is -2.07. The zero-order valence-corrected chi connectivity index (χ0v) is 11.1. The van der Waals surface area contributed by atoms with E-state index >= 15 is 0 Å². The van der Waals surface area contributed by atoms with Crippen LogP contribution in [0.3, 0.4) is 0 Å². The van der Waals surface area contributed by atoms with E-state index in [9.17, 15) is 9.50 Å². The summed E-state index contributed by atoms with van der Waals surface area (Å²) in [6, 6.07) is 9.97. The van der Waals surface area contributed by atoms with Crippen LogP contribution >= 0.6 is 0 Å². The molecule has 0 saturated heterocycles. The van der Waals surface area contributed by atoms with Crippen molar-refractivity contribution in [3.05, 3.63) is 58.9 Å². The van der Waals surface area contributed by atoms with Crippen molar-refractivity contribution in [3.63, 3.8) is 0 Å². The molecule has 0 radical (unpaired) electrons. The molecule has 2 aromatic rings. The lowest BCUT2D eigenvalue weighted by Crippen LogP contribution is -1.99. The highest BCUT2D eigenvalue weighted by Gasteiger charge is 2.22. The number of aliphatic hydroxyl groups is 1. The summed E-state index contributed by atoms with van der Waals surface area (Å²) < 4.78 is 24.2. The molecule has 1 aliphatic heterocycles. The Bertz CT molecular complexity index is 640. The molecule has 1 heterocycles. The maximum Gasteiger partial charge on any atom is 0.129 e. The van der Waals surface area contributed by atoms with Gasteiger partial charge in [-0.15, -0.1) is 0 Å². The molecule has 4 heteroatoms. The summed E-state index contributed by atoms with van der Waals surface area (Å²) in [7, 11) is 0. The molecule has 0 aliphatic carbocycles. The molecular formula is C16H15FO3. The van der Waals surface area contributed by atoms with Crippen molar-refractivity contribution in [2.24, 2.45) is 0 Å². The first kappa shape index (κ1) is 12.9. The van der Waals surface area contributed by atoms with Gasteiger partial charge in [0.25, 0.3) is 0 Å². The first-order chi connectivity index (χ1) is 9.63. The first-order valence-electron chi connectivity index (χ1n) is 6.46. The fraction of sp³-hybridized carbons (Fsp3) is 0.250. The van der Waals surface area contributed by atoms with Crippen LogP contribution in [0.1, 0.15) is 22.8 Å². The van der Waals surface area contributed by atoms with Crippen LogP contribution in [-0.4, -0.2) is 11.7 Å². The summed E-state index contributed by atoms with van der Waals surface area (Å²) in [4.78, 5) is 0. The smallest absolute Gasteiger partial charge is 0.129 e. The highest BCUT2D eigenvalue weighted by Crippen LogP contribution is 2.35. The molecule has 0 amide bonds. The maximum absolute atomic E-state index is 13.2. The fourth-order valence-corrected chi connectivity index (χ4v) is 2.22. The summed E-state index contributed by atoms with van der Waals surface area (Å²) in [5, 5.41) is 9.64. The quantitative estimate of drug-likeness (QED) is 0.934. The third kappa shape index (κ3) is 2.47. The molecule has 0 aromatic heterocycles. The van der Waals surface area contributed by atoms with Gasteiger partial charge in [0, 0.05) is 11.6 Å². The van der Waals surface area contributed by atoms with Crippen LogP contribution in [0, 0.1) is 12.7 Å². The molecule has 0 spiro atoms. The number of benzene rings is 2. The van der Waals surface area contributed by atoms with E-state index in [0.717, 1.165) is 16.7 Å². The van der Waals surface area contributed by atoms with E-state index in [0.29, 0.717) is 18.1 Å². The van der Waals surface area contributed by atoms with E-state index in [2.05, 4.69) is 0 Å². The van der Waals surface area contributed by atoms with Crippen LogP contribution in [0.5, 0.6) is 11.5 Å². The Morgan fingerprint density at radius 1 is 1.30 bits per heavy atom. The SMILES string of the molecule is Cc1ccc(F)cc1COc1ccc2c(c1)OCC2O. The van der Waals surface area contributed by atoms with Gasteiger partial charge in [-0.3, -0.25) is 0 Å². The van der Waals surface area contributed by atoms with Crippen molar-refractivity contribution in [2.45, 2.75) is 19.6 Å². The van der Waals surface area contributed by atoms with Gasteiger partial charge in [-0.2, -0.15) is 0 Å². The summed E-state index contributed by atoms with van der Waals surface area (Å²) in [6.45, 7) is 2.49. The van der Waals surface area contributed by atoms with E-state index in [4.69, 9.17) is 9.47 Å². The van der Waals surface area contributed by atoms with Gasteiger partial charge < -0.3 is 14.6 Å². The summed E-state index contributed by atoms with van der Waals surface area (Å²) >= 11 is 0. The number of fused-ring (bicyclic) bond motifs is 1. The lowest BCUT2D eigenvalue weighted by atomic mass is 10.1. The Morgan fingerprint density at radius 2 is 2.15 bits per heavy atom. The first-order valence-corrected chi connectivity index (χ1v) is 6.46. The van der Waals surface area contributed by atoms with E-state index in [1.165, 1.54) is 12.1 Å². The lowest BCUT2D eigenvalue weighted by Gasteiger charge is -2.10. The molecule has 1 atom stereocenters. The van der Waals surface area contributed by atoms with Gasteiger partial charge in [0.05, 0.1) is 0 Å². The van der Waals surface area contributed by atoms with Crippen LogP contribution in [0.15, 0.2) is 36.4 Å². The molecule has 0 fully saturated rings. The van der Waals surface area contributed by atoms with Gasteiger partial charge in [0.15, 0.2) is 0 Å². The molecule has 1 aliphatic rings. The van der Waals surface area contributed by atoms with Crippen molar-refractivity contribution >= 4 is 0 Å². The van der Waals surface area contributed by atoms with Crippen LogP contribution in [0.2, 0.25) is 0 Å². The van der Waals surface area contributed by atoms with Crippen molar-refractivity contribution in [1.29, 1.82) is 0 Å². The number of aliphatic hydroxyl groups excluding tert-OH is 1. The zero-order chi connectivity index (χ0) is 14.1. The predicted molar refractivity (Wildman–Crippen MR) is 72.4 cm³/mol. The summed E-state index contributed by atoms with van der Waals surface area (Å²) in [5.74, 6) is 1.02. The Balaban J connectivity index is 1.74. The predicted octanol–water partition coefficient (Wildman–Crippen LogP) is 3.14. The molecule has 3 nitrogen and oxygen atoms in total. The van der Waals surface area contributed by atoms with Gasteiger partial charge >= 0.3 is 0 Å². The Labute approximate surface area is 116 Å². The van der Waals surface area contributed by atoms with Crippen LogP contribution in [0.4, 0.5) is 4.39 Å². The fourth-order valence-electron chi connectivity index (χ4n) is 2.22. The average molecular weight is 274 g/mol. The third-order valence-electron chi connectivity index (χ3n) is 3.45. The minimum atomic E-state index is -0.565. The molecule has 20 heavy (non-hydrogen) atoms. The van der Waals surface area contributed by atoms with Gasteiger partial charge in [0.1, 0.15) is 36.6 Å². The molecule has 1 N–H and O–H groups in total.